The van der Waals surface area contributed by atoms with Crippen molar-refractivity contribution in [2.45, 2.75) is 70.4 Å². The van der Waals surface area contributed by atoms with Crippen LogP contribution in [0.15, 0.2) is 24.3 Å². The number of carboxylic acid groups (broad SMARTS) is 1. The second-order valence-corrected chi connectivity index (χ2v) is 9.22. The molecule has 7 nitrogen and oxygen atoms in total. The molecule has 1 aliphatic carbocycles. The molecule has 8 atom stereocenters. The predicted molar refractivity (Wildman–Crippen MR) is 101 cm³/mol. The molecule has 7 heteroatoms. The molecule has 0 radical (unpaired) electrons. The third-order valence-electron chi connectivity index (χ3n) is 7.45. The standard InChI is InChI=1S/C22H28O7/c1-12-4-9-17-13(2)19(25-15-7-5-14(6-8-15)18(23)24)26-20-22(17)16(12)10-11-21(3,27-20)28-29-22/h5-8,12-13,16-17,19-20H,4,9-11H2,1-3H3,(H,23,24)/t12-,13-,16+,17+,19-,20-,21-,22-/m1/s1. The van der Waals surface area contributed by atoms with Gasteiger partial charge in [-0.05, 0) is 62.3 Å². The zero-order valence-electron chi connectivity index (χ0n) is 17.0. The predicted octanol–water partition coefficient (Wildman–Crippen LogP) is 3.97. The fourth-order valence-electron chi connectivity index (χ4n) is 5.82. The highest BCUT2D eigenvalue weighted by Gasteiger charge is 2.69. The van der Waals surface area contributed by atoms with Crippen molar-refractivity contribution in [3.05, 3.63) is 29.8 Å². The summed E-state index contributed by atoms with van der Waals surface area (Å²) in [4.78, 5) is 23.0. The van der Waals surface area contributed by atoms with Crippen molar-refractivity contribution in [3.63, 3.8) is 0 Å². The molecule has 2 bridgehead atoms. The molecule has 1 saturated carbocycles. The van der Waals surface area contributed by atoms with Crippen LogP contribution in [0.4, 0.5) is 0 Å². The minimum Gasteiger partial charge on any atom is -0.478 e. The van der Waals surface area contributed by atoms with Crippen molar-refractivity contribution in [2.24, 2.45) is 23.7 Å². The lowest BCUT2D eigenvalue weighted by molar-refractivity contribution is -0.575. The van der Waals surface area contributed by atoms with E-state index in [1.165, 1.54) is 12.1 Å². The molecule has 158 valence electrons. The number of hydrogen-bond donors (Lipinski definition) is 1. The normalized spacial score (nSPS) is 45.9. The van der Waals surface area contributed by atoms with Crippen LogP contribution in [-0.2, 0) is 19.2 Å². The molecule has 29 heavy (non-hydrogen) atoms. The average Bonchev–Trinajstić information content (AvgIpc) is 2.92. The van der Waals surface area contributed by atoms with E-state index in [1.807, 2.05) is 6.92 Å². The molecule has 1 spiro atoms. The molecule has 6 rings (SSSR count). The lowest BCUT2D eigenvalue weighted by atomic mass is 9.58. The molecular weight excluding hydrogens is 376 g/mol. The fourth-order valence-corrected chi connectivity index (χ4v) is 5.82. The van der Waals surface area contributed by atoms with Crippen LogP contribution in [0.5, 0.6) is 5.75 Å². The number of hydrogen-bond acceptors (Lipinski definition) is 6. The van der Waals surface area contributed by atoms with Crippen LogP contribution in [-0.4, -0.2) is 35.0 Å². The number of fused-ring (bicyclic) bond motifs is 2. The van der Waals surface area contributed by atoms with Gasteiger partial charge in [-0.1, -0.05) is 13.8 Å². The molecule has 4 saturated heterocycles. The largest absolute Gasteiger partial charge is 0.478 e. The van der Waals surface area contributed by atoms with E-state index in [1.54, 1.807) is 12.1 Å². The second kappa shape index (κ2) is 6.67. The first-order chi connectivity index (χ1) is 13.8. The molecule has 4 aliphatic heterocycles. The first-order valence-electron chi connectivity index (χ1n) is 10.5. The molecule has 4 heterocycles. The van der Waals surface area contributed by atoms with Crippen LogP contribution >= 0.6 is 0 Å². The number of ether oxygens (including phenoxy) is 3. The van der Waals surface area contributed by atoms with Crippen molar-refractivity contribution in [3.8, 4) is 5.75 Å². The zero-order valence-corrected chi connectivity index (χ0v) is 17.0. The highest BCUT2D eigenvalue weighted by atomic mass is 17.3. The van der Waals surface area contributed by atoms with Gasteiger partial charge < -0.3 is 19.3 Å². The van der Waals surface area contributed by atoms with E-state index >= 15 is 0 Å². The van der Waals surface area contributed by atoms with Crippen LogP contribution in [0, 0.1) is 23.7 Å². The van der Waals surface area contributed by atoms with Gasteiger partial charge >= 0.3 is 5.97 Å². The van der Waals surface area contributed by atoms with Crippen molar-refractivity contribution in [2.75, 3.05) is 0 Å². The van der Waals surface area contributed by atoms with E-state index in [0.717, 1.165) is 25.7 Å². The molecule has 0 aromatic heterocycles. The lowest BCUT2D eigenvalue weighted by Gasteiger charge is -2.60. The second-order valence-electron chi connectivity index (χ2n) is 9.22. The van der Waals surface area contributed by atoms with Crippen LogP contribution < -0.4 is 4.74 Å². The maximum Gasteiger partial charge on any atom is 0.335 e. The van der Waals surface area contributed by atoms with Crippen molar-refractivity contribution < 1.29 is 33.9 Å². The molecule has 0 amide bonds. The maximum atomic E-state index is 11.1. The van der Waals surface area contributed by atoms with Gasteiger partial charge in [0.15, 0.2) is 11.9 Å². The Labute approximate surface area is 170 Å². The number of aromatic carboxylic acids is 1. The lowest BCUT2D eigenvalue weighted by Crippen LogP contribution is -2.70. The first-order valence-corrected chi connectivity index (χ1v) is 10.5. The van der Waals surface area contributed by atoms with E-state index in [0.29, 0.717) is 17.6 Å². The summed E-state index contributed by atoms with van der Waals surface area (Å²) in [6, 6.07) is 6.40. The molecular formula is C22H28O7. The highest BCUT2D eigenvalue weighted by molar-refractivity contribution is 5.87. The molecule has 0 unspecified atom stereocenters. The Morgan fingerprint density at radius 3 is 2.59 bits per heavy atom. The smallest absolute Gasteiger partial charge is 0.335 e. The van der Waals surface area contributed by atoms with Crippen LogP contribution in [0.3, 0.4) is 0 Å². The summed E-state index contributed by atoms with van der Waals surface area (Å²) in [6.07, 6.45) is 2.83. The Balaban J connectivity index is 1.44. The number of benzene rings is 1. The van der Waals surface area contributed by atoms with Crippen molar-refractivity contribution in [1.82, 2.24) is 0 Å². The highest BCUT2D eigenvalue weighted by Crippen LogP contribution is 2.60. The molecule has 5 aliphatic rings. The summed E-state index contributed by atoms with van der Waals surface area (Å²) in [5.74, 6) is -0.121. The quantitative estimate of drug-likeness (QED) is 0.763. The average molecular weight is 404 g/mol. The van der Waals surface area contributed by atoms with Crippen LogP contribution in [0.1, 0.15) is 56.8 Å². The van der Waals surface area contributed by atoms with Crippen LogP contribution in [0.2, 0.25) is 0 Å². The zero-order chi connectivity index (χ0) is 20.4. The van der Waals surface area contributed by atoms with Crippen molar-refractivity contribution in [1.29, 1.82) is 0 Å². The first kappa shape index (κ1) is 19.3. The Bertz CT molecular complexity index is 795. The summed E-state index contributed by atoms with van der Waals surface area (Å²) in [7, 11) is 0. The summed E-state index contributed by atoms with van der Waals surface area (Å²) < 4.78 is 18.8. The number of carbonyl (C=O) groups is 1. The van der Waals surface area contributed by atoms with E-state index in [-0.39, 0.29) is 17.4 Å². The summed E-state index contributed by atoms with van der Waals surface area (Å²) in [5, 5.41) is 9.09. The number of rotatable bonds is 3. The van der Waals surface area contributed by atoms with Gasteiger partial charge in [0, 0.05) is 18.3 Å². The summed E-state index contributed by atoms with van der Waals surface area (Å²) >= 11 is 0. The molecule has 1 aromatic carbocycles. The topological polar surface area (TPSA) is 83.5 Å². The molecule has 5 fully saturated rings. The van der Waals surface area contributed by atoms with Gasteiger partial charge in [0.25, 0.3) is 0 Å². The molecule has 1 aromatic rings. The Kier molecular flexibility index (Phi) is 4.44. The maximum absolute atomic E-state index is 11.1. The van der Waals surface area contributed by atoms with E-state index in [2.05, 4.69) is 13.8 Å². The monoisotopic (exact) mass is 404 g/mol. The summed E-state index contributed by atoms with van der Waals surface area (Å²) in [5.41, 5.74) is -0.388. The fraction of sp³-hybridized carbons (Fsp3) is 0.682. The SMILES string of the molecule is C[C@H]1[C@H](Oc2ccc(C(=O)O)cc2)O[C@@H]2O[C@@]3(C)CC[C@H]4[C@H](C)CC[C@@H]1[C@@]24OO3. The van der Waals surface area contributed by atoms with E-state index in [9.17, 15) is 4.79 Å². The van der Waals surface area contributed by atoms with E-state index < -0.39 is 29.9 Å². The third-order valence-corrected chi connectivity index (χ3v) is 7.45. The minimum absolute atomic E-state index is 0.0649. The van der Waals surface area contributed by atoms with Gasteiger partial charge in [0.05, 0.1) is 5.56 Å². The van der Waals surface area contributed by atoms with Gasteiger partial charge in [-0.25, -0.2) is 14.6 Å². The van der Waals surface area contributed by atoms with Gasteiger partial charge in [-0.3, -0.25) is 0 Å². The Morgan fingerprint density at radius 1 is 1.10 bits per heavy atom. The van der Waals surface area contributed by atoms with Crippen molar-refractivity contribution >= 4 is 5.97 Å². The van der Waals surface area contributed by atoms with Gasteiger partial charge in [-0.15, -0.1) is 0 Å². The van der Waals surface area contributed by atoms with Crippen LogP contribution in [0.25, 0.3) is 0 Å². The summed E-state index contributed by atoms with van der Waals surface area (Å²) in [6.45, 7) is 6.31. The minimum atomic E-state index is -0.962. The van der Waals surface area contributed by atoms with Gasteiger partial charge in [0.1, 0.15) is 5.75 Å². The number of carboxylic acids is 1. The third kappa shape index (κ3) is 2.90. The van der Waals surface area contributed by atoms with Gasteiger partial charge in [0.2, 0.25) is 12.1 Å². The Morgan fingerprint density at radius 2 is 1.86 bits per heavy atom. The molecule has 1 N–H and O–H groups in total. The van der Waals surface area contributed by atoms with E-state index in [4.69, 9.17) is 29.1 Å². The van der Waals surface area contributed by atoms with Gasteiger partial charge in [-0.2, -0.15) is 0 Å². The Hall–Kier alpha value is -1.67.